The third kappa shape index (κ3) is 4.71. The first kappa shape index (κ1) is 16.3. The quantitative estimate of drug-likeness (QED) is 0.676. The lowest BCUT2D eigenvalue weighted by Gasteiger charge is -2.26. The standard InChI is InChI=1S/C13H22N2O5/c1-8(2)11(12(18)20-3)14-13(19)15(9-4-5-9)7-6-10(16)17/h8-9,11H,4-7H2,1-3H3,(H,14,19)(H,16,17). The molecule has 0 bridgehead atoms. The van der Waals surface area contributed by atoms with Gasteiger partial charge in [0.15, 0.2) is 0 Å². The summed E-state index contributed by atoms with van der Waals surface area (Å²) >= 11 is 0. The number of aliphatic carboxylic acids is 1. The number of carboxylic acid groups (broad SMARTS) is 1. The van der Waals surface area contributed by atoms with Crippen LogP contribution >= 0.6 is 0 Å². The number of nitrogens with zero attached hydrogens (tertiary/aromatic N) is 1. The lowest BCUT2D eigenvalue weighted by molar-refractivity contribution is -0.144. The summed E-state index contributed by atoms with van der Waals surface area (Å²) in [5, 5.41) is 11.3. The number of ether oxygens (including phenoxy) is 1. The van der Waals surface area contributed by atoms with E-state index in [9.17, 15) is 14.4 Å². The van der Waals surface area contributed by atoms with E-state index in [0.29, 0.717) is 0 Å². The summed E-state index contributed by atoms with van der Waals surface area (Å²) in [6, 6.07) is -1.05. The van der Waals surface area contributed by atoms with Gasteiger partial charge < -0.3 is 20.1 Å². The van der Waals surface area contributed by atoms with Crippen LogP contribution in [0.2, 0.25) is 0 Å². The van der Waals surface area contributed by atoms with Crippen molar-refractivity contribution in [3.8, 4) is 0 Å². The van der Waals surface area contributed by atoms with E-state index >= 15 is 0 Å². The Balaban J connectivity index is 2.64. The van der Waals surface area contributed by atoms with Gasteiger partial charge in [-0.2, -0.15) is 0 Å². The van der Waals surface area contributed by atoms with Crippen LogP contribution < -0.4 is 5.32 Å². The van der Waals surface area contributed by atoms with Gasteiger partial charge in [0.2, 0.25) is 0 Å². The van der Waals surface area contributed by atoms with Gasteiger partial charge >= 0.3 is 18.0 Å². The second-order valence-corrected chi connectivity index (χ2v) is 5.26. The second kappa shape index (κ2) is 7.12. The normalized spacial score (nSPS) is 15.6. The Morgan fingerprint density at radius 2 is 1.95 bits per heavy atom. The fraction of sp³-hybridized carbons (Fsp3) is 0.769. The summed E-state index contributed by atoms with van der Waals surface area (Å²) in [5.74, 6) is -1.55. The van der Waals surface area contributed by atoms with E-state index in [1.807, 2.05) is 0 Å². The molecule has 0 aliphatic heterocycles. The molecule has 7 nitrogen and oxygen atoms in total. The van der Waals surface area contributed by atoms with Gasteiger partial charge in [-0.1, -0.05) is 13.8 Å². The van der Waals surface area contributed by atoms with Crippen LogP contribution in [0.1, 0.15) is 33.1 Å². The molecular formula is C13H22N2O5. The second-order valence-electron chi connectivity index (χ2n) is 5.26. The number of hydrogen-bond donors (Lipinski definition) is 2. The highest BCUT2D eigenvalue weighted by atomic mass is 16.5. The van der Waals surface area contributed by atoms with Gasteiger partial charge in [0.05, 0.1) is 13.5 Å². The van der Waals surface area contributed by atoms with Crippen molar-refractivity contribution in [1.29, 1.82) is 0 Å². The minimum Gasteiger partial charge on any atom is -0.481 e. The van der Waals surface area contributed by atoms with Gasteiger partial charge in [-0.25, -0.2) is 9.59 Å². The Bertz CT molecular complexity index is 379. The fourth-order valence-electron chi connectivity index (χ4n) is 1.89. The molecule has 1 aliphatic carbocycles. The zero-order valence-electron chi connectivity index (χ0n) is 12.1. The third-order valence-electron chi connectivity index (χ3n) is 3.22. The van der Waals surface area contributed by atoms with Gasteiger partial charge in [0.1, 0.15) is 6.04 Å². The number of methoxy groups -OCH3 is 1. The number of carboxylic acids is 1. The molecule has 0 aromatic carbocycles. The molecule has 1 rings (SSSR count). The summed E-state index contributed by atoms with van der Waals surface area (Å²) in [6.45, 7) is 3.76. The van der Waals surface area contributed by atoms with Crippen molar-refractivity contribution in [2.24, 2.45) is 5.92 Å². The molecule has 0 spiro atoms. The van der Waals surface area contributed by atoms with E-state index in [4.69, 9.17) is 5.11 Å². The maximum absolute atomic E-state index is 12.2. The van der Waals surface area contributed by atoms with Crippen molar-refractivity contribution in [3.63, 3.8) is 0 Å². The molecule has 0 radical (unpaired) electrons. The van der Waals surface area contributed by atoms with Crippen LogP contribution in [-0.4, -0.2) is 53.7 Å². The van der Waals surface area contributed by atoms with Crippen molar-refractivity contribution in [2.75, 3.05) is 13.7 Å². The first-order valence-corrected chi connectivity index (χ1v) is 6.73. The smallest absolute Gasteiger partial charge is 0.328 e. The van der Waals surface area contributed by atoms with Crippen LogP contribution in [0, 0.1) is 5.92 Å². The number of nitrogens with one attached hydrogen (secondary N) is 1. The maximum atomic E-state index is 12.2. The minimum absolute atomic E-state index is 0.0832. The Labute approximate surface area is 118 Å². The van der Waals surface area contributed by atoms with Crippen LogP contribution in [-0.2, 0) is 14.3 Å². The number of esters is 1. The van der Waals surface area contributed by atoms with E-state index < -0.39 is 24.0 Å². The predicted octanol–water partition coefficient (Wildman–Crippen LogP) is 0.833. The van der Waals surface area contributed by atoms with E-state index in [1.54, 1.807) is 13.8 Å². The van der Waals surface area contributed by atoms with Crippen LogP contribution in [0.4, 0.5) is 4.79 Å². The molecule has 1 aliphatic rings. The summed E-state index contributed by atoms with van der Waals surface area (Å²) < 4.78 is 4.66. The van der Waals surface area contributed by atoms with Gasteiger partial charge in [0.25, 0.3) is 0 Å². The maximum Gasteiger partial charge on any atom is 0.328 e. The van der Waals surface area contributed by atoms with Gasteiger partial charge in [-0.05, 0) is 18.8 Å². The van der Waals surface area contributed by atoms with Gasteiger partial charge in [-0.3, -0.25) is 4.79 Å². The summed E-state index contributed by atoms with van der Waals surface area (Å²) in [7, 11) is 1.27. The molecule has 1 atom stereocenters. The SMILES string of the molecule is COC(=O)C(NC(=O)N(CCC(=O)O)C1CC1)C(C)C. The van der Waals surface area contributed by atoms with Crippen molar-refractivity contribution in [2.45, 2.75) is 45.2 Å². The largest absolute Gasteiger partial charge is 0.481 e. The Morgan fingerprint density at radius 1 is 1.35 bits per heavy atom. The highest BCUT2D eigenvalue weighted by Gasteiger charge is 2.35. The number of carbonyl (C=O) groups is 3. The number of amides is 2. The molecule has 7 heteroatoms. The van der Waals surface area contributed by atoms with Crippen molar-refractivity contribution < 1.29 is 24.2 Å². The molecule has 114 valence electrons. The van der Waals surface area contributed by atoms with Crippen LogP contribution in [0.3, 0.4) is 0 Å². The third-order valence-corrected chi connectivity index (χ3v) is 3.22. The zero-order chi connectivity index (χ0) is 15.3. The first-order chi connectivity index (χ1) is 9.36. The Morgan fingerprint density at radius 3 is 2.35 bits per heavy atom. The molecule has 1 saturated carbocycles. The molecule has 20 heavy (non-hydrogen) atoms. The van der Waals surface area contributed by atoms with E-state index in [2.05, 4.69) is 10.1 Å². The van der Waals surface area contributed by atoms with E-state index in [-0.39, 0.29) is 24.9 Å². The minimum atomic E-state index is -0.947. The summed E-state index contributed by atoms with van der Waals surface area (Å²) in [4.78, 5) is 35.9. The van der Waals surface area contributed by atoms with Crippen molar-refractivity contribution >= 4 is 18.0 Å². The highest BCUT2D eigenvalue weighted by Crippen LogP contribution is 2.27. The molecule has 0 saturated heterocycles. The first-order valence-electron chi connectivity index (χ1n) is 6.73. The average Bonchev–Trinajstić information content (AvgIpc) is 3.19. The highest BCUT2D eigenvalue weighted by molar-refractivity contribution is 5.84. The summed E-state index contributed by atoms with van der Waals surface area (Å²) in [6.07, 6.45) is 1.64. The average molecular weight is 286 g/mol. The van der Waals surface area contributed by atoms with Crippen LogP contribution in [0.25, 0.3) is 0 Å². The molecule has 1 unspecified atom stereocenters. The Kier molecular flexibility index (Phi) is 5.79. The molecular weight excluding hydrogens is 264 g/mol. The lowest BCUT2D eigenvalue weighted by atomic mass is 10.1. The van der Waals surface area contributed by atoms with Crippen LogP contribution in [0.5, 0.6) is 0 Å². The zero-order valence-corrected chi connectivity index (χ0v) is 12.1. The monoisotopic (exact) mass is 286 g/mol. The molecule has 2 N–H and O–H groups in total. The number of hydrogen-bond acceptors (Lipinski definition) is 4. The van der Waals surface area contributed by atoms with Gasteiger partial charge in [0, 0.05) is 12.6 Å². The van der Waals surface area contributed by atoms with Gasteiger partial charge in [-0.15, -0.1) is 0 Å². The molecule has 0 aromatic rings. The van der Waals surface area contributed by atoms with E-state index in [0.717, 1.165) is 12.8 Å². The number of urea groups is 1. The molecule has 1 fully saturated rings. The molecule has 0 aromatic heterocycles. The fourth-order valence-corrected chi connectivity index (χ4v) is 1.89. The van der Waals surface area contributed by atoms with Crippen molar-refractivity contribution in [1.82, 2.24) is 10.2 Å². The number of rotatable bonds is 7. The topological polar surface area (TPSA) is 95.9 Å². The number of carbonyl (C=O) groups excluding carboxylic acids is 2. The van der Waals surface area contributed by atoms with Crippen molar-refractivity contribution in [3.05, 3.63) is 0 Å². The lowest BCUT2D eigenvalue weighted by Crippen LogP contribution is -2.51. The van der Waals surface area contributed by atoms with Crippen LogP contribution in [0.15, 0.2) is 0 Å². The predicted molar refractivity (Wildman–Crippen MR) is 71.2 cm³/mol. The van der Waals surface area contributed by atoms with E-state index in [1.165, 1.54) is 12.0 Å². The Hall–Kier alpha value is -1.79. The molecule has 2 amide bonds. The molecule has 0 heterocycles. The summed E-state index contributed by atoms with van der Waals surface area (Å²) in [5.41, 5.74) is 0.